The lowest BCUT2D eigenvalue weighted by Crippen LogP contribution is -2.49. The molecule has 0 atom stereocenters. The van der Waals surface area contributed by atoms with E-state index >= 15 is 0 Å². The monoisotopic (exact) mass is 396 g/mol. The summed E-state index contributed by atoms with van der Waals surface area (Å²) >= 11 is 17.7. The summed E-state index contributed by atoms with van der Waals surface area (Å²) in [7, 11) is 0. The van der Waals surface area contributed by atoms with Crippen LogP contribution in [0.3, 0.4) is 0 Å². The second kappa shape index (κ2) is 9.56. The van der Waals surface area contributed by atoms with Crippen LogP contribution in [-0.4, -0.2) is 37.2 Å². The number of hydrogen-bond donors (Lipinski definition) is 2. The Labute approximate surface area is 153 Å². The molecule has 7 nitrogen and oxygen atoms in total. The van der Waals surface area contributed by atoms with E-state index in [1.54, 1.807) is 13.8 Å². The van der Waals surface area contributed by atoms with E-state index in [0.29, 0.717) is 0 Å². The molecular weight excluding hydrogens is 383 g/mol. The average Bonchev–Trinajstić information content (AvgIpc) is 2.48. The van der Waals surface area contributed by atoms with E-state index in [0.717, 1.165) is 0 Å². The largest absolute Gasteiger partial charge is 0.464 e. The molecule has 0 unspecified atom stereocenters. The van der Waals surface area contributed by atoms with Gasteiger partial charge in [0.05, 0.1) is 28.9 Å². The molecule has 0 fully saturated rings. The number of nitrogens with one attached hydrogen (secondary N) is 2. The predicted molar refractivity (Wildman–Crippen MR) is 90.7 cm³/mol. The Kier molecular flexibility index (Phi) is 8.10. The molecule has 0 spiro atoms. The highest BCUT2D eigenvalue weighted by atomic mass is 35.5. The van der Waals surface area contributed by atoms with E-state index in [1.807, 2.05) is 0 Å². The number of carbonyl (C=O) groups excluding carboxylic acids is 3. The first kappa shape index (κ1) is 20.3. The van der Waals surface area contributed by atoms with Crippen LogP contribution >= 0.6 is 34.8 Å². The molecule has 24 heavy (non-hydrogen) atoms. The number of benzene rings is 1. The predicted octanol–water partition coefficient (Wildman–Crippen LogP) is 3.26. The van der Waals surface area contributed by atoms with Crippen LogP contribution in [0.4, 0.5) is 10.5 Å². The van der Waals surface area contributed by atoms with Crippen LogP contribution in [0.1, 0.15) is 13.8 Å². The molecule has 0 saturated carbocycles. The van der Waals surface area contributed by atoms with Crippen molar-refractivity contribution in [1.82, 2.24) is 5.32 Å². The normalized spacial score (nSPS) is 10.2. The van der Waals surface area contributed by atoms with Gasteiger partial charge in [0.1, 0.15) is 0 Å². The van der Waals surface area contributed by atoms with Crippen molar-refractivity contribution < 1.29 is 23.9 Å². The van der Waals surface area contributed by atoms with Crippen LogP contribution in [0.2, 0.25) is 15.1 Å². The first-order valence-corrected chi connectivity index (χ1v) is 7.98. The summed E-state index contributed by atoms with van der Waals surface area (Å²) in [6.45, 7) is 3.20. The summed E-state index contributed by atoms with van der Waals surface area (Å²) in [6, 6.07) is 0.236. The minimum absolute atomic E-state index is 0.0346. The van der Waals surface area contributed by atoms with Crippen LogP contribution in [0.5, 0.6) is 0 Å². The third-order valence-corrected chi connectivity index (χ3v) is 3.38. The van der Waals surface area contributed by atoms with Crippen molar-refractivity contribution in [2.24, 2.45) is 0 Å². The number of halogens is 3. The third-order valence-electron chi connectivity index (χ3n) is 2.57. The molecule has 1 aromatic rings. The van der Waals surface area contributed by atoms with Gasteiger partial charge in [-0.15, -0.1) is 0 Å². The maximum atomic E-state index is 12.0. The van der Waals surface area contributed by atoms with Crippen molar-refractivity contribution >= 4 is 58.5 Å². The van der Waals surface area contributed by atoms with Crippen molar-refractivity contribution in [3.8, 4) is 0 Å². The molecule has 10 heteroatoms. The van der Waals surface area contributed by atoms with Crippen LogP contribution in [0, 0.1) is 0 Å². The summed E-state index contributed by atoms with van der Waals surface area (Å²) in [5.74, 6) is -1.89. The molecule has 2 N–H and O–H groups in total. The number of esters is 2. The van der Waals surface area contributed by atoms with Gasteiger partial charge in [-0.3, -0.25) is 0 Å². The van der Waals surface area contributed by atoms with E-state index in [-0.39, 0.29) is 34.0 Å². The van der Waals surface area contributed by atoms with Crippen LogP contribution in [-0.2, 0) is 19.1 Å². The lowest BCUT2D eigenvalue weighted by molar-refractivity contribution is -0.157. The molecule has 0 aromatic heterocycles. The topological polar surface area (TPSA) is 93.7 Å². The molecule has 0 aliphatic heterocycles. The maximum absolute atomic E-state index is 12.0. The number of carbonyl (C=O) groups is 3. The van der Waals surface area contributed by atoms with E-state index < -0.39 is 24.0 Å². The molecule has 132 valence electrons. The smallest absolute Gasteiger partial charge is 0.340 e. The zero-order valence-corrected chi connectivity index (χ0v) is 15.1. The summed E-state index contributed by atoms with van der Waals surface area (Å²) in [4.78, 5) is 35.6. The zero-order chi connectivity index (χ0) is 18.3. The molecule has 0 aliphatic carbocycles. The zero-order valence-electron chi connectivity index (χ0n) is 12.8. The van der Waals surface area contributed by atoms with Gasteiger partial charge >= 0.3 is 18.0 Å². The third kappa shape index (κ3) is 5.74. The second-order valence-electron chi connectivity index (χ2n) is 4.28. The van der Waals surface area contributed by atoms with Crippen LogP contribution in [0.25, 0.3) is 0 Å². The minimum atomic E-state index is -1.62. The number of anilines is 1. The van der Waals surface area contributed by atoms with Crippen molar-refractivity contribution in [2.75, 3.05) is 18.5 Å². The first-order chi connectivity index (χ1) is 11.3. The second-order valence-corrected chi connectivity index (χ2v) is 5.53. The van der Waals surface area contributed by atoms with E-state index in [9.17, 15) is 14.4 Å². The summed E-state index contributed by atoms with van der Waals surface area (Å²) in [5, 5.41) is 4.96. The SMILES string of the molecule is CCOC(=O)C(NC(=O)Nc1c(Cl)cc(Cl)cc1Cl)C(=O)OCC. The van der Waals surface area contributed by atoms with Gasteiger partial charge in [-0.2, -0.15) is 0 Å². The van der Waals surface area contributed by atoms with Gasteiger partial charge in [0, 0.05) is 5.02 Å². The lowest BCUT2D eigenvalue weighted by Gasteiger charge is -2.17. The van der Waals surface area contributed by atoms with Crippen molar-refractivity contribution in [2.45, 2.75) is 19.9 Å². The summed E-state index contributed by atoms with van der Waals surface area (Å²) < 4.78 is 9.47. The molecule has 0 saturated heterocycles. The molecular formula is C14H15Cl3N2O5. The molecule has 1 aromatic carbocycles. The Morgan fingerprint density at radius 2 is 1.46 bits per heavy atom. The molecule has 1 rings (SSSR count). The van der Waals surface area contributed by atoms with E-state index in [1.165, 1.54) is 12.1 Å². The Hall–Kier alpha value is -1.70. The fourth-order valence-corrected chi connectivity index (χ4v) is 2.52. The number of rotatable bonds is 6. The maximum Gasteiger partial charge on any atom is 0.340 e. The number of hydrogen-bond acceptors (Lipinski definition) is 5. The van der Waals surface area contributed by atoms with Crippen LogP contribution in [0.15, 0.2) is 12.1 Å². The molecule has 0 bridgehead atoms. The number of amides is 2. The lowest BCUT2D eigenvalue weighted by atomic mass is 10.3. The molecule has 0 aliphatic rings. The fourth-order valence-electron chi connectivity index (χ4n) is 1.61. The fraction of sp³-hybridized carbons (Fsp3) is 0.357. The van der Waals surface area contributed by atoms with Gasteiger partial charge in [-0.1, -0.05) is 34.8 Å². The Bertz CT molecular complexity index is 598. The van der Waals surface area contributed by atoms with E-state index in [4.69, 9.17) is 44.3 Å². The Morgan fingerprint density at radius 3 is 1.88 bits per heavy atom. The average molecular weight is 398 g/mol. The summed E-state index contributed by atoms with van der Waals surface area (Å²) in [6.07, 6.45) is 0. The van der Waals surface area contributed by atoms with Crippen molar-refractivity contribution in [3.05, 3.63) is 27.2 Å². The molecule has 2 amide bonds. The summed E-state index contributed by atoms with van der Waals surface area (Å²) in [5.41, 5.74) is 0.0756. The highest BCUT2D eigenvalue weighted by Crippen LogP contribution is 2.33. The van der Waals surface area contributed by atoms with Gasteiger partial charge in [0.25, 0.3) is 0 Å². The van der Waals surface area contributed by atoms with Gasteiger partial charge in [0.2, 0.25) is 6.04 Å². The Balaban J connectivity index is 2.89. The molecule has 0 radical (unpaired) electrons. The minimum Gasteiger partial charge on any atom is -0.464 e. The number of ether oxygens (including phenoxy) is 2. The van der Waals surface area contributed by atoms with Gasteiger partial charge < -0.3 is 20.1 Å². The van der Waals surface area contributed by atoms with Crippen molar-refractivity contribution in [3.63, 3.8) is 0 Å². The van der Waals surface area contributed by atoms with Crippen LogP contribution < -0.4 is 10.6 Å². The van der Waals surface area contributed by atoms with Gasteiger partial charge in [0.15, 0.2) is 0 Å². The highest BCUT2D eigenvalue weighted by molar-refractivity contribution is 6.42. The highest BCUT2D eigenvalue weighted by Gasteiger charge is 2.31. The molecule has 0 heterocycles. The quantitative estimate of drug-likeness (QED) is 0.567. The van der Waals surface area contributed by atoms with Gasteiger partial charge in [-0.05, 0) is 26.0 Å². The van der Waals surface area contributed by atoms with Gasteiger partial charge in [-0.25, -0.2) is 14.4 Å². The first-order valence-electron chi connectivity index (χ1n) is 6.85. The number of urea groups is 1. The van der Waals surface area contributed by atoms with E-state index in [2.05, 4.69) is 10.6 Å². The standard InChI is InChI=1S/C14H15Cl3N2O5/c1-3-23-12(20)11(13(21)24-4-2)19-14(22)18-10-8(16)5-7(15)6-9(10)17/h5-6,11H,3-4H2,1-2H3,(H2,18,19,22). The van der Waals surface area contributed by atoms with Crippen molar-refractivity contribution in [1.29, 1.82) is 0 Å². The Morgan fingerprint density at radius 1 is 1.00 bits per heavy atom.